The number of rotatable bonds is 8. The molecule has 0 saturated carbocycles. The van der Waals surface area contributed by atoms with Crippen molar-refractivity contribution in [1.29, 1.82) is 0 Å². The molecule has 0 aliphatic rings. The first-order valence-corrected chi connectivity index (χ1v) is 33.5. The fraction of sp³-hybridized carbons (Fsp3) is 0. The van der Waals surface area contributed by atoms with Crippen molar-refractivity contribution in [2.24, 2.45) is 0 Å². The van der Waals surface area contributed by atoms with Crippen LogP contribution in [0.1, 0.15) is 0 Å². The zero-order chi connectivity index (χ0) is 61.8. The van der Waals surface area contributed by atoms with Crippen LogP contribution in [-0.4, -0.2) is 9.13 Å². The Balaban J connectivity index is 0.000000133. The molecule has 0 atom stereocenters. The lowest BCUT2D eigenvalue weighted by Gasteiger charge is -2.10. The summed E-state index contributed by atoms with van der Waals surface area (Å²) in [6.45, 7) is 0. The smallest absolute Gasteiger partial charge is 0.161 e. The molecule has 0 saturated heterocycles. The van der Waals surface area contributed by atoms with Gasteiger partial charge in [0.1, 0.15) is 22.2 Å². The van der Waals surface area contributed by atoms with Gasteiger partial charge in [-0.25, -0.2) is 0 Å². The molecule has 14 aromatic carbocycles. The summed E-state index contributed by atoms with van der Waals surface area (Å²) in [4.78, 5) is 0. The Labute approximate surface area is 548 Å². The molecule has 0 aliphatic heterocycles. The highest BCUT2D eigenvalue weighted by molar-refractivity contribution is 7.26. The quantitative estimate of drug-likeness (QED) is 0.152. The van der Waals surface area contributed by atoms with E-state index in [4.69, 9.17) is 8.83 Å². The SMILES string of the molecule is c1ccc(-c2ccc3sc4c(-c5cccc(-c6cccc7c6oc6c8ccccc8n(-c8ccccc8)c76)c5)cccc4c3c2)cc1.c1ccc(-c2cccc3c2sc2cccc(-c4cccc(-c5cccc6c5oc5c7ccccc7n(-c7ccccc7)c65)c4)c23)cc1. The van der Waals surface area contributed by atoms with Gasteiger partial charge in [-0.15, -0.1) is 22.7 Å². The maximum absolute atomic E-state index is 6.85. The minimum absolute atomic E-state index is 0.914. The van der Waals surface area contributed by atoms with E-state index in [1.54, 1.807) is 0 Å². The van der Waals surface area contributed by atoms with Crippen LogP contribution in [0.5, 0.6) is 0 Å². The maximum atomic E-state index is 6.85. The fourth-order valence-corrected chi connectivity index (χ4v) is 17.1. The highest BCUT2D eigenvalue weighted by Gasteiger charge is 2.24. The number of nitrogens with zero attached hydrogens (tertiary/aromatic N) is 2. The van der Waals surface area contributed by atoms with E-state index in [0.717, 1.165) is 99.6 Å². The van der Waals surface area contributed by atoms with Crippen LogP contribution in [0.4, 0.5) is 0 Å². The van der Waals surface area contributed by atoms with Gasteiger partial charge in [-0.05, 0) is 147 Å². The summed E-state index contributed by atoms with van der Waals surface area (Å²) in [7, 11) is 0. The van der Waals surface area contributed by atoms with Crippen LogP contribution in [0.25, 0.3) is 184 Å². The number of hydrogen-bond donors (Lipinski definition) is 0. The van der Waals surface area contributed by atoms with E-state index >= 15 is 0 Å². The molecule has 4 nitrogen and oxygen atoms in total. The maximum Gasteiger partial charge on any atom is 0.161 e. The van der Waals surface area contributed by atoms with Gasteiger partial charge < -0.3 is 18.0 Å². The molecule has 0 amide bonds. The van der Waals surface area contributed by atoms with Crippen LogP contribution >= 0.6 is 22.7 Å². The van der Waals surface area contributed by atoms with Gasteiger partial charge in [0.25, 0.3) is 0 Å². The van der Waals surface area contributed by atoms with E-state index in [9.17, 15) is 0 Å². The summed E-state index contributed by atoms with van der Waals surface area (Å²) in [5, 5.41) is 9.69. The second kappa shape index (κ2) is 22.0. The Morgan fingerprint density at radius 2 is 0.617 bits per heavy atom. The lowest BCUT2D eigenvalue weighted by atomic mass is 9.94. The van der Waals surface area contributed by atoms with Crippen molar-refractivity contribution in [3.05, 3.63) is 328 Å². The second-order valence-corrected chi connectivity index (χ2v) is 26.3. The molecule has 0 fully saturated rings. The van der Waals surface area contributed by atoms with E-state index in [2.05, 4.69) is 337 Å². The third-order valence-electron chi connectivity index (χ3n) is 18.8. The molecule has 6 heterocycles. The lowest BCUT2D eigenvalue weighted by Crippen LogP contribution is -1.92. The number of furan rings is 2. The molecule has 0 aliphatic carbocycles. The standard InChI is InChI=1S/2C44H27NOS/c1-3-13-28(14-4-1)34-22-11-23-36-40-32(20-12-26-39(40)47-44(34)36)29-15-9-16-30(27-29)33-21-10-24-37-41-43(46-42(33)37)35-19-7-8-25-38(35)45(41)31-17-5-2-6-18-31;1-3-12-28(13-4-1)29-24-25-40-38(27-29)35-21-11-20-34(44(35)47-40)31-15-9-14-30(26-31)33-19-10-22-37-41-43(46-42(33)37)36-18-7-8-23-39(36)45(41)32-16-5-2-6-17-32/h2*1-27H. The predicted molar refractivity (Wildman–Crippen MR) is 400 cm³/mol. The molecule has 6 aromatic heterocycles. The molecular weight excluding hydrogens is 1180 g/mol. The van der Waals surface area contributed by atoms with Crippen molar-refractivity contribution in [2.45, 2.75) is 0 Å². The Morgan fingerprint density at radius 3 is 1.19 bits per heavy atom. The van der Waals surface area contributed by atoms with Crippen LogP contribution in [0.15, 0.2) is 336 Å². The molecular formula is C88H54N2O2S2. The van der Waals surface area contributed by atoms with Gasteiger partial charge in [0.15, 0.2) is 11.2 Å². The van der Waals surface area contributed by atoms with Gasteiger partial charge in [-0.1, -0.05) is 237 Å². The van der Waals surface area contributed by atoms with Crippen LogP contribution < -0.4 is 0 Å². The molecule has 94 heavy (non-hydrogen) atoms. The minimum Gasteiger partial charge on any atom is -0.453 e. The van der Waals surface area contributed by atoms with Gasteiger partial charge in [0.2, 0.25) is 0 Å². The average Bonchev–Trinajstić information content (AvgIpc) is 1.57. The van der Waals surface area contributed by atoms with Crippen molar-refractivity contribution in [1.82, 2.24) is 9.13 Å². The van der Waals surface area contributed by atoms with E-state index in [1.807, 2.05) is 22.7 Å². The normalized spacial score (nSPS) is 11.8. The first-order valence-electron chi connectivity index (χ1n) is 31.9. The first-order chi connectivity index (χ1) is 46.6. The molecule has 0 radical (unpaired) electrons. The van der Waals surface area contributed by atoms with Gasteiger partial charge in [0, 0.05) is 84.4 Å². The topological polar surface area (TPSA) is 36.1 Å². The van der Waals surface area contributed by atoms with Crippen molar-refractivity contribution < 1.29 is 8.83 Å². The highest BCUT2D eigenvalue weighted by atomic mass is 32.1. The molecule has 0 spiro atoms. The zero-order valence-electron chi connectivity index (χ0n) is 50.7. The molecule has 0 bridgehead atoms. The first kappa shape index (κ1) is 54.0. The third-order valence-corrected chi connectivity index (χ3v) is 21.2. The summed E-state index contributed by atoms with van der Waals surface area (Å²) in [6, 6.07) is 117. The molecule has 20 aromatic rings. The van der Waals surface area contributed by atoms with Crippen molar-refractivity contribution >= 4 is 129 Å². The summed E-state index contributed by atoms with van der Waals surface area (Å²) >= 11 is 3.76. The summed E-state index contributed by atoms with van der Waals surface area (Å²) in [6.07, 6.45) is 0. The Morgan fingerprint density at radius 1 is 0.223 bits per heavy atom. The van der Waals surface area contributed by atoms with Gasteiger partial charge in [-0.3, -0.25) is 0 Å². The van der Waals surface area contributed by atoms with Crippen molar-refractivity contribution in [2.75, 3.05) is 0 Å². The van der Waals surface area contributed by atoms with E-state index in [1.165, 1.54) is 84.9 Å². The van der Waals surface area contributed by atoms with Crippen molar-refractivity contribution in [3.8, 4) is 78.1 Å². The average molecular weight is 1240 g/mol. The fourth-order valence-electron chi connectivity index (χ4n) is 14.6. The molecule has 0 unspecified atom stereocenters. The summed E-state index contributed by atoms with van der Waals surface area (Å²) in [5.41, 5.74) is 24.8. The highest BCUT2D eigenvalue weighted by Crippen LogP contribution is 2.48. The molecule has 0 N–H and O–H groups in total. The Kier molecular flexibility index (Phi) is 12.6. The van der Waals surface area contributed by atoms with Crippen LogP contribution in [0.3, 0.4) is 0 Å². The number of benzene rings is 14. The Hall–Kier alpha value is -11.8. The third kappa shape index (κ3) is 8.65. The summed E-state index contributed by atoms with van der Waals surface area (Å²) in [5.74, 6) is 0. The predicted octanol–water partition coefficient (Wildman–Crippen LogP) is 25.8. The number of thiophene rings is 2. The molecule has 20 rings (SSSR count). The zero-order valence-corrected chi connectivity index (χ0v) is 52.3. The number of aromatic nitrogens is 2. The monoisotopic (exact) mass is 1230 g/mol. The van der Waals surface area contributed by atoms with Gasteiger partial charge in [-0.2, -0.15) is 0 Å². The Bertz CT molecular complexity index is 6340. The van der Waals surface area contributed by atoms with E-state index in [0.29, 0.717) is 0 Å². The van der Waals surface area contributed by atoms with Crippen LogP contribution in [-0.2, 0) is 0 Å². The largest absolute Gasteiger partial charge is 0.453 e. The van der Waals surface area contributed by atoms with Crippen molar-refractivity contribution in [3.63, 3.8) is 0 Å². The number of para-hydroxylation sites is 6. The lowest BCUT2D eigenvalue weighted by molar-refractivity contribution is 0.673. The van der Waals surface area contributed by atoms with Gasteiger partial charge in [0.05, 0.1) is 11.0 Å². The number of hydrogen-bond acceptors (Lipinski definition) is 4. The number of fused-ring (bicyclic) bond motifs is 16. The minimum atomic E-state index is 0.914. The van der Waals surface area contributed by atoms with E-state index < -0.39 is 0 Å². The van der Waals surface area contributed by atoms with Crippen LogP contribution in [0.2, 0.25) is 0 Å². The second-order valence-electron chi connectivity index (χ2n) is 24.2. The van der Waals surface area contributed by atoms with E-state index in [-0.39, 0.29) is 0 Å². The van der Waals surface area contributed by atoms with Gasteiger partial charge >= 0.3 is 0 Å². The van der Waals surface area contributed by atoms with Crippen LogP contribution in [0, 0.1) is 0 Å². The molecule has 440 valence electrons. The molecule has 6 heteroatoms. The summed E-state index contributed by atoms with van der Waals surface area (Å²) < 4.78 is 23.6.